The van der Waals surface area contributed by atoms with Gasteiger partial charge in [-0.3, -0.25) is 14.5 Å². The van der Waals surface area contributed by atoms with E-state index in [0.717, 1.165) is 16.7 Å². The third kappa shape index (κ3) is 5.03. The van der Waals surface area contributed by atoms with Crippen LogP contribution in [0.4, 0.5) is 15.8 Å². The van der Waals surface area contributed by atoms with Crippen molar-refractivity contribution in [2.45, 2.75) is 25.5 Å². The van der Waals surface area contributed by atoms with E-state index in [1.807, 2.05) is 44.2 Å². The zero-order valence-electron chi connectivity index (χ0n) is 18.7. The lowest BCUT2D eigenvalue weighted by Crippen LogP contribution is -2.30. The molecule has 0 spiro atoms. The van der Waals surface area contributed by atoms with E-state index in [0.29, 0.717) is 17.8 Å². The molecule has 1 heterocycles. The van der Waals surface area contributed by atoms with E-state index in [1.54, 1.807) is 36.4 Å². The maximum Gasteiger partial charge on any atom is 0.269 e. The summed E-state index contributed by atoms with van der Waals surface area (Å²) < 4.78 is 13.3. The molecule has 3 aromatic carbocycles. The van der Waals surface area contributed by atoms with E-state index in [4.69, 9.17) is 0 Å². The molecule has 1 N–H and O–H groups in total. The second kappa shape index (κ2) is 9.94. The summed E-state index contributed by atoms with van der Waals surface area (Å²) in [6.07, 6.45) is 0.341. The molecular weight excluding hydrogens is 449 g/mol. The van der Waals surface area contributed by atoms with Gasteiger partial charge in [-0.1, -0.05) is 59.3 Å². The van der Waals surface area contributed by atoms with Crippen molar-refractivity contribution in [1.82, 2.24) is 0 Å². The minimum absolute atomic E-state index is 0.138. The van der Waals surface area contributed by atoms with Gasteiger partial charge in [-0.25, -0.2) is 4.39 Å². The van der Waals surface area contributed by atoms with Gasteiger partial charge < -0.3 is 5.32 Å². The molecule has 1 fully saturated rings. The molecule has 3 aromatic rings. The SMILES string of the molecule is Cc1ccc(NC(=O)/C(C#N)=C2\S[C@H](Cc3ccc(F)cc3)C(=O)N2c2ccc(C)cc2)cc1. The summed E-state index contributed by atoms with van der Waals surface area (Å²) in [5.41, 5.74) is 3.86. The fourth-order valence-electron chi connectivity index (χ4n) is 3.58. The number of nitrogens with zero attached hydrogens (tertiary/aromatic N) is 2. The summed E-state index contributed by atoms with van der Waals surface area (Å²) >= 11 is 1.18. The van der Waals surface area contributed by atoms with Crippen LogP contribution in [0.2, 0.25) is 0 Å². The Morgan fingerprint density at radius 3 is 2.18 bits per heavy atom. The fraction of sp³-hybridized carbons (Fsp3) is 0.148. The van der Waals surface area contributed by atoms with Crippen LogP contribution < -0.4 is 10.2 Å². The maximum atomic E-state index is 13.5. The Balaban J connectivity index is 1.71. The van der Waals surface area contributed by atoms with Gasteiger partial charge in [-0.2, -0.15) is 5.26 Å². The van der Waals surface area contributed by atoms with Crippen molar-refractivity contribution in [3.8, 4) is 6.07 Å². The van der Waals surface area contributed by atoms with Crippen LogP contribution in [0.15, 0.2) is 83.4 Å². The zero-order valence-corrected chi connectivity index (χ0v) is 19.5. The lowest BCUT2D eigenvalue weighted by molar-refractivity contribution is -0.117. The van der Waals surface area contributed by atoms with E-state index in [9.17, 15) is 19.2 Å². The number of anilines is 2. The highest BCUT2D eigenvalue weighted by atomic mass is 32.2. The van der Waals surface area contributed by atoms with E-state index < -0.39 is 11.2 Å². The molecule has 4 rings (SSSR count). The summed E-state index contributed by atoms with van der Waals surface area (Å²) in [5, 5.41) is 12.4. The minimum Gasteiger partial charge on any atom is -0.321 e. The fourth-order valence-corrected chi connectivity index (χ4v) is 4.89. The van der Waals surface area contributed by atoms with E-state index in [-0.39, 0.29) is 22.3 Å². The molecule has 5 nitrogen and oxygen atoms in total. The standard InChI is InChI=1S/C27H22FN3O2S/c1-17-3-11-21(12-4-17)30-25(32)23(16-29)27-31(22-13-5-18(2)6-14-22)26(33)24(34-27)15-19-7-9-20(28)10-8-19/h3-14,24H,15H2,1-2H3,(H,30,32)/b27-23-/t24-/m1/s1. The second-order valence-electron chi connectivity index (χ2n) is 8.06. The number of nitriles is 1. The van der Waals surface area contributed by atoms with Gasteiger partial charge in [0.15, 0.2) is 0 Å². The Hall–Kier alpha value is -3.89. The lowest BCUT2D eigenvalue weighted by atomic mass is 10.1. The molecule has 0 radical (unpaired) electrons. The predicted molar refractivity (Wildman–Crippen MR) is 133 cm³/mol. The number of halogens is 1. The molecule has 0 aromatic heterocycles. The number of hydrogen-bond donors (Lipinski definition) is 1. The molecule has 1 atom stereocenters. The number of nitrogens with one attached hydrogen (secondary N) is 1. The van der Waals surface area contributed by atoms with Gasteiger partial charge in [0.2, 0.25) is 5.91 Å². The number of carbonyl (C=O) groups excluding carboxylic acids is 2. The largest absolute Gasteiger partial charge is 0.321 e. The molecule has 1 aliphatic rings. The van der Waals surface area contributed by atoms with Crippen LogP contribution in [0.25, 0.3) is 0 Å². The lowest BCUT2D eigenvalue weighted by Gasteiger charge is -2.19. The molecule has 0 bridgehead atoms. The zero-order chi connectivity index (χ0) is 24.2. The van der Waals surface area contributed by atoms with Gasteiger partial charge in [-0.15, -0.1) is 0 Å². The quantitative estimate of drug-likeness (QED) is 0.394. The third-order valence-corrected chi connectivity index (χ3v) is 6.70. The number of thioether (sulfide) groups is 1. The van der Waals surface area contributed by atoms with Crippen molar-refractivity contribution < 1.29 is 14.0 Å². The van der Waals surface area contributed by atoms with Gasteiger partial charge in [-0.05, 0) is 62.2 Å². The Morgan fingerprint density at radius 2 is 1.59 bits per heavy atom. The number of rotatable bonds is 5. The Bertz CT molecular complexity index is 1290. The first kappa shape index (κ1) is 23.3. The van der Waals surface area contributed by atoms with Crippen LogP contribution >= 0.6 is 11.8 Å². The Kier molecular flexibility index (Phi) is 6.80. The number of carbonyl (C=O) groups is 2. The summed E-state index contributed by atoms with van der Waals surface area (Å²) in [6, 6.07) is 22.5. The van der Waals surface area contributed by atoms with Crippen molar-refractivity contribution in [3.63, 3.8) is 0 Å². The van der Waals surface area contributed by atoms with E-state index >= 15 is 0 Å². The molecule has 0 saturated carbocycles. The van der Waals surface area contributed by atoms with Crippen molar-refractivity contribution in [2.24, 2.45) is 0 Å². The summed E-state index contributed by atoms with van der Waals surface area (Å²) in [4.78, 5) is 28.0. The normalized spacial score (nSPS) is 16.8. The first-order valence-corrected chi connectivity index (χ1v) is 11.6. The summed E-state index contributed by atoms with van der Waals surface area (Å²) in [5.74, 6) is -1.17. The van der Waals surface area contributed by atoms with Crippen molar-refractivity contribution >= 4 is 35.0 Å². The van der Waals surface area contributed by atoms with Gasteiger partial charge in [0, 0.05) is 11.4 Å². The molecule has 1 saturated heterocycles. The van der Waals surface area contributed by atoms with E-state index in [1.165, 1.54) is 28.8 Å². The average molecular weight is 472 g/mol. The highest BCUT2D eigenvalue weighted by Crippen LogP contribution is 2.42. The van der Waals surface area contributed by atoms with Crippen LogP contribution in [0.1, 0.15) is 16.7 Å². The van der Waals surface area contributed by atoms with Crippen molar-refractivity contribution in [3.05, 3.63) is 106 Å². The summed E-state index contributed by atoms with van der Waals surface area (Å²) in [6.45, 7) is 3.88. The highest BCUT2D eigenvalue weighted by Gasteiger charge is 2.40. The molecule has 34 heavy (non-hydrogen) atoms. The summed E-state index contributed by atoms with van der Waals surface area (Å²) in [7, 11) is 0. The molecule has 1 aliphatic heterocycles. The van der Waals surface area contributed by atoms with Gasteiger partial charge in [0.05, 0.1) is 5.25 Å². The second-order valence-corrected chi connectivity index (χ2v) is 9.25. The number of aryl methyl sites for hydroxylation is 2. The molecule has 170 valence electrons. The first-order chi connectivity index (χ1) is 16.4. The average Bonchev–Trinajstić information content (AvgIpc) is 3.13. The highest BCUT2D eigenvalue weighted by molar-refractivity contribution is 8.05. The molecule has 2 amide bonds. The van der Waals surface area contributed by atoms with Crippen LogP contribution in [0.5, 0.6) is 0 Å². The molecular formula is C27H22FN3O2S. The number of hydrogen-bond acceptors (Lipinski definition) is 4. The van der Waals surface area contributed by atoms with Gasteiger partial charge >= 0.3 is 0 Å². The molecule has 0 aliphatic carbocycles. The van der Waals surface area contributed by atoms with Crippen LogP contribution in [0.3, 0.4) is 0 Å². The maximum absolute atomic E-state index is 13.5. The predicted octanol–water partition coefficient (Wildman–Crippen LogP) is 5.51. The Labute approximate surface area is 201 Å². The third-order valence-electron chi connectivity index (χ3n) is 5.44. The first-order valence-electron chi connectivity index (χ1n) is 10.7. The minimum atomic E-state index is -0.582. The van der Waals surface area contributed by atoms with Crippen LogP contribution in [0, 0.1) is 31.0 Å². The topological polar surface area (TPSA) is 73.2 Å². The van der Waals surface area contributed by atoms with Crippen molar-refractivity contribution in [2.75, 3.05) is 10.2 Å². The smallest absolute Gasteiger partial charge is 0.269 e. The number of benzene rings is 3. The van der Waals surface area contributed by atoms with Gasteiger partial charge in [0.1, 0.15) is 22.5 Å². The van der Waals surface area contributed by atoms with Crippen LogP contribution in [-0.2, 0) is 16.0 Å². The van der Waals surface area contributed by atoms with Crippen molar-refractivity contribution in [1.29, 1.82) is 5.26 Å². The van der Waals surface area contributed by atoms with E-state index in [2.05, 4.69) is 5.32 Å². The van der Waals surface area contributed by atoms with Gasteiger partial charge in [0.25, 0.3) is 5.91 Å². The number of amides is 2. The Morgan fingerprint density at radius 1 is 1.00 bits per heavy atom. The van der Waals surface area contributed by atoms with Crippen LogP contribution in [-0.4, -0.2) is 17.1 Å². The molecule has 7 heteroatoms. The molecule has 0 unspecified atom stereocenters. The monoisotopic (exact) mass is 471 g/mol.